The monoisotopic (exact) mass is 638 g/mol. The first-order valence-corrected chi connectivity index (χ1v) is 17.1. The molecule has 0 bridgehead atoms. The normalized spacial score (nSPS) is 12.7. The highest BCUT2D eigenvalue weighted by Crippen LogP contribution is 2.39. The fourth-order valence-corrected chi connectivity index (χ4v) is 5.33. The first kappa shape index (κ1) is 39.2. The lowest BCUT2D eigenvalue weighted by Gasteiger charge is -2.27. The van der Waals surface area contributed by atoms with Crippen molar-refractivity contribution in [3.63, 3.8) is 0 Å². The van der Waals surface area contributed by atoms with Crippen molar-refractivity contribution in [1.82, 2.24) is 0 Å². The zero-order valence-electron chi connectivity index (χ0n) is 30.9. The Morgan fingerprint density at radius 2 is 0.848 bits per heavy atom. The maximum absolute atomic E-state index is 12.4. The summed E-state index contributed by atoms with van der Waals surface area (Å²) >= 11 is 0. The summed E-state index contributed by atoms with van der Waals surface area (Å²) in [4.78, 5) is 24.9. The van der Waals surface area contributed by atoms with Crippen LogP contribution in [0.3, 0.4) is 0 Å². The van der Waals surface area contributed by atoms with Crippen molar-refractivity contribution in [2.45, 2.75) is 156 Å². The van der Waals surface area contributed by atoms with Gasteiger partial charge in [-0.1, -0.05) is 107 Å². The molecule has 0 atom stereocenters. The minimum atomic E-state index is -0.263. The lowest BCUT2D eigenvalue weighted by atomic mass is 9.78. The number of phenols is 2. The number of phenolic OH excluding ortho intramolecular Hbond substituents is 2. The summed E-state index contributed by atoms with van der Waals surface area (Å²) in [6.45, 7) is 26.1. The van der Waals surface area contributed by atoms with Crippen LogP contribution in [-0.4, -0.2) is 35.4 Å². The Labute approximate surface area is 279 Å². The van der Waals surface area contributed by atoms with Gasteiger partial charge in [0.1, 0.15) is 11.5 Å². The second-order valence-electron chi connectivity index (χ2n) is 16.9. The third-order valence-electron chi connectivity index (χ3n) is 8.49. The molecule has 0 spiro atoms. The number of carbonyl (C=O) groups excluding carboxylic acids is 2. The fraction of sp³-hybridized carbons (Fsp3) is 0.650. The third-order valence-corrected chi connectivity index (χ3v) is 8.49. The summed E-state index contributed by atoms with van der Waals surface area (Å²) in [7, 11) is 0. The molecule has 2 aromatic carbocycles. The number of hydrogen-bond acceptors (Lipinski definition) is 6. The van der Waals surface area contributed by atoms with Gasteiger partial charge in [-0.15, -0.1) is 0 Å². The van der Waals surface area contributed by atoms with E-state index < -0.39 is 0 Å². The van der Waals surface area contributed by atoms with Crippen LogP contribution in [0.1, 0.15) is 155 Å². The van der Waals surface area contributed by atoms with E-state index in [1.54, 1.807) is 0 Å². The van der Waals surface area contributed by atoms with Crippen molar-refractivity contribution < 1.29 is 29.3 Å². The van der Waals surface area contributed by atoms with Crippen molar-refractivity contribution in [1.29, 1.82) is 0 Å². The predicted molar refractivity (Wildman–Crippen MR) is 188 cm³/mol. The lowest BCUT2D eigenvalue weighted by Crippen LogP contribution is -2.18. The van der Waals surface area contributed by atoms with Crippen LogP contribution in [0.4, 0.5) is 0 Å². The van der Waals surface area contributed by atoms with Crippen LogP contribution in [0.5, 0.6) is 11.5 Å². The zero-order valence-corrected chi connectivity index (χ0v) is 30.9. The van der Waals surface area contributed by atoms with E-state index in [4.69, 9.17) is 9.47 Å². The SMILES string of the molecule is CC(C)(C)c1cc(CCC(=O)OCCCCCCOC(=O)CCc2cc(C(C)(C)C)cc(C(C)(C)C)c2O)c(O)c(C(C)(C)C)c1. The number of rotatable bonds is 13. The molecule has 6 heteroatoms. The number of hydrogen-bond donors (Lipinski definition) is 2. The highest BCUT2D eigenvalue weighted by Gasteiger charge is 2.26. The predicted octanol–water partition coefficient (Wildman–Crippen LogP) is 9.50. The Hall–Kier alpha value is -3.02. The molecule has 2 aromatic rings. The summed E-state index contributed by atoms with van der Waals surface area (Å²) in [5, 5.41) is 21.9. The van der Waals surface area contributed by atoms with Crippen LogP contribution < -0.4 is 0 Å². The minimum absolute atomic E-state index is 0.0691. The molecule has 0 saturated carbocycles. The average Bonchev–Trinajstić information content (AvgIpc) is 2.90. The molecular weight excluding hydrogens is 576 g/mol. The molecule has 6 nitrogen and oxygen atoms in total. The average molecular weight is 639 g/mol. The molecule has 2 N–H and O–H groups in total. The van der Waals surface area contributed by atoms with E-state index >= 15 is 0 Å². The van der Waals surface area contributed by atoms with Gasteiger partial charge in [0, 0.05) is 12.8 Å². The second-order valence-corrected chi connectivity index (χ2v) is 16.9. The van der Waals surface area contributed by atoms with Gasteiger partial charge in [0.05, 0.1) is 13.2 Å². The maximum Gasteiger partial charge on any atom is 0.306 e. The van der Waals surface area contributed by atoms with Gasteiger partial charge < -0.3 is 19.7 Å². The van der Waals surface area contributed by atoms with E-state index in [0.717, 1.165) is 59.1 Å². The highest BCUT2D eigenvalue weighted by molar-refractivity contribution is 5.70. The van der Waals surface area contributed by atoms with Gasteiger partial charge in [-0.3, -0.25) is 9.59 Å². The number of carbonyl (C=O) groups is 2. The number of aryl methyl sites for hydroxylation is 2. The van der Waals surface area contributed by atoms with Gasteiger partial charge in [-0.05, 0) is 93.6 Å². The zero-order chi connectivity index (χ0) is 35.1. The van der Waals surface area contributed by atoms with E-state index in [-0.39, 0.29) is 57.9 Å². The summed E-state index contributed by atoms with van der Waals surface area (Å²) in [6.07, 6.45) is 4.54. The molecule has 46 heavy (non-hydrogen) atoms. The molecule has 0 radical (unpaired) electrons. The minimum Gasteiger partial charge on any atom is -0.507 e. The summed E-state index contributed by atoms with van der Waals surface area (Å²) in [5.74, 6) is 0.0223. The van der Waals surface area contributed by atoms with Crippen LogP contribution in [-0.2, 0) is 53.6 Å². The molecule has 258 valence electrons. The molecule has 0 fully saturated rings. The van der Waals surface area contributed by atoms with Crippen molar-refractivity contribution in [2.75, 3.05) is 13.2 Å². The topological polar surface area (TPSA) is 93.1 Å². The van der Waals surface area contributed by atoms with Crippen LogP contribution in [0.15, 0.2) is 24.3 Å². The third kappa shape index (κ3) is 12.0. The van der Waals surface area contributed by atoms with Crippen molar-refractivity contribution >= 4 is 11.9 Å². The Bertz CT molecular complexity index is 1220. The lowest BCUT2D eigenvalue weighted by molar-refractivity contribution is -0.145. The Kier molecular flexibility index (Phi) is 13.4. The standard InChI is InChI=1S/C40H62O6/c1-37(2,3)29-23-27(35(43)31(25-29)39(7,8)9)17-19-33(41)45-21-15-13-14-16-22-46-34(42)20-18-28-24-30(38(4,5)6)26-32(36(28)44)40(10,11)12/h23-26,43-44H,13-22H2,1-12H3. The molecule has 0 aliphatic rings. The summed E-state index contributed by atoms with van der Waals surface area (Å²) < 4.78 is 10.9. The summed E-state index contributed by atoms with van der Waals surface area (Å²) in [6, 6.07) is 8.20. The molecule has 0 unspecified atom stereocenters. The second kappa shape index (κ2) is 15.7. The molecule has 0 heterocycles. The molecule has 0 aromatic heterocycles. The molecule has 0 aliphatic carbocycles. The molecule has 0 saturated heterocycles. The first-order chi connectivity index (χ1) is 21.0. The quantitative estimate of drug-likeness (QED) is 0.168. The van der Waals surface area contributed by atoms with Gasteiger partial charge in [0.2, 0.25) is 0 Å². The van der Waals surface area contributed by atoms with E-state index in [1.165, 1.54) is 0 Å². The van der Waals surface area contributed by atoms with Gasteiger partial charge in [-0.25, -0.2) is 0 Å². The summed E-state index contributed by atoms with van der Waals surface area (Å²) in [5.41, 5.74) is 5.09. The van der Waals surface area contributed by atoms with Crippen LogP contribution >= 0.6 is 0 Å². The molecule has 0 amide bonds. The van der Waals surface area contributed by atoms with E-state index in [9.17, 15) is 19.8 Å². The van der Waals surface area contributed by atoms with E-state index in [1.807, 2.05) is 12.1 Å². The van der Waals surface area contributed by atoms with Crippen LogP contribution in [0, 0.1) is 0 Å². The Morgan fingerprint density at radius 3 is 1.13 bits per heavy atom. The van der Waals surface area contributed by atoms with Crippen LogP contribution in [0.25, 0.3) is 0 Å². The molecule has 2 rings (SSSR count). The van der Waals surface area contributed by atoms with E-state index in [0.29, 0.717) is 26.1 Å². The van der Waals surface area contributed by atoms with Crippen LogP contribution in [0.2, 0.25) is 0 Å². The van der Waals surface area contributed by atoms with Crippen molar-refractivity contribution in [3.8, 4) is 11.5 Å². The largest absolute Gasteiger partial charge is 0.507 e. The fourth-order valence-electron chi connectivity index (χ4n) is 5.33. The van der Waals surface area contributed by atoms with Gasteiger partial charge in [0.25, 0.3) is 0 Å². The first-order valence-electron chi connectivity index (χ1n) is 17.1. The number of esters is 2. The molecule has 0 aliphatic heterocycles. The van der Waals surface area contributed by atoms with Crippen molar-refractivity contribution in [2.24, 2.45) is 0 Å². The maximum atomic E-state index is 12.4. The number of ether oxygens (including phenoxy) is 2. The van der Waals surface area contributed by atoms with Gasteiger partial charge in [0.15, 0.2) is 0 Å². The Balaban J connectivity index is 1.73. The number of benzene rings is 2. The Morgan fingerprint density at radius 1 is 0.522 bits per heavy atom. The van der Waals surface area contributed by atoms with Crippen molar-refractivity contribution in [3.05, 3.63) is 57.6 Å². The van der Waals surface area contributed by atoms with Gasteiger partial charge >= 0.3 is 11.9 Å². The smallest absolute Gasteiger partial charge is 0.306 e. The number of unbranched alkanes of at least 4 members (excludes halogenated alkanes) is 3. The highest BCUT2D eigenvalue weighted by atomic mass is 16.5. The van der Waals surface area contributed by atoms with Gasteiger partial charge in [-0.2, -0.15) is 0 Å². The number of aromatic hydroxyl groups is 2. The molecular formula is C40H62O6. The van der Waals surface area contributed by atoms with E-state index in [2.05, 4.69) is 95.2 Å².